The van der Waals surface area contributed by atoms with Crippen LogP contribution in [0.5, 0.6) is 0 Å². The van der Waals surface area contributed by atoms with Crippen LogP contribution in [0.4, 0.5) is 0 Å². The van der Waals surface area contributed by atoms with Crippen LogP contribution >= 0.6 is 0 Å². The number of hydrogen-bond acceptors (Lipinski definition) is 6. The first-order chi connectivity index (χ1) is 17.5. The van der Waals surface area contributed by atoms with Crippen LogP contribution in [0.15, 0.2) is 0 Å². The normalized spacial score (nSPS) is 10.7. The van der Waals surface area contributed by atoms with Crippen molar-refractivity contribution in [3.63, 3.8) is 0 Å². The molecule has 0 aromatic heterocycles. The summed E-state index contributed by atoms with van der Waals surface area (Å²) < 4.78 is 10.4. The second-order valence-corrected chi connectivity index (χ2v) is 8.94. The zero-order valence-corrected chi connectivity index (χ0v) is 22.2. The highest BCUT2D eigenvalue weighted by molar-refractivity contribution is 5.76. The molecule has 0 radical (unpaired) electrons. The average molecular weight is 516 g/mol. The largest absolute Gasteiger partial charge is 0.481 e. The Hall–Kier alpha value is -2.20. The summed E-state index contributed by atoms with van der Waals surface area (Å²) in [5, 5.41) is 17.0. The second kappa shape index (κ2) is 25.9. The summed E-state index contributed by atoms with van der Waals surface area (Å²) in [6.45, 7) is 2.82. The summed E-state index contributed by atoms with van der Waals surface area (Å²) in [6.07, 6.45) is 11.9. The standard InChI is InChI=1S/C26H49N3O7/c1-35-20-11-10-14-23(30)27-17-12-18-28-25(32)16-21-36-22-19-29-24(31)13-8-6-4-2-3-5-7-9-15-26(33)34/h2-22H2,1H3,(H,27,30)(H,28,32)(H,29,31)(H,33,34). The number of carbonyl (C=O) groups excluding carboxylic acids is 3. The summed E-state index contributed by atoms with van der Waals surface area (Å²) in [4.78, 5) is 45.7. The van der Waals surface area contributed by atoms with Crippen molar-refractivity contribution < 1.29 is 33.8 Å². The highest BCUT2D eigenvalue weighted by Crippen LogP contribution is 2.10. The lowest BCUT2D eigenvalue weighted by Gasteiger charge is -2.08. The Morgan fingerprint density at radius 2 is 1.00 bits per heavy atom. The molecule has 0 saturated carbocycles. The molecule has 0 aromatic carbocycles. The third-order valence-corrected chi connectivity index (χ3v) is 5.59. The van der Waals surface area contributed by atoms with Gasteiger partial charge in [0.1, 0.15) is 0 Å². The highest BCUT2D eigenvalue weighted by Gasteiger charge is 2.04. The van der Waals surface area contributed by atoms with Gasteiger partial charge < -0.3 is 30.5 Å². The Morgan fingerprint density at radius 1 is 0.528 bits per heavy atom. The molecule has 0 aliphatic heterocycles. The quantitative estimate of drug-likeness (QED) is 0.130. The summed E-state index contributed by atoms with van der Waals surface area (Å²) in [7, 11) is 1.64. The number of methoxy groups -OCH3 is 1. The molecular formula is C26H49N3O7. The Balaban J connectivity index is 3.36. The van der Waals surface area contributed by atoms with E-state index in [1.165, 1.54) is 0 Å². The molecule has 210 valence electrons. The van der Waals surface area contributed by atoms with Crippen LogP contribution < -0.4 is 16.0 Å². The summed E-state index contributed by atoms with van der Waals surface area (Å²) >= 11 is 0. The van der Waals surface area contributed by atoms with Crippen LogP contribution in [0, 0.1) is 0 Å². The molecular weight excluding hydrogens is 466 g/mol. The number of carboxylic acids is 1. The van der Waals surface area contributed by atoms with Crippen molar-refractivity contribution in [2.24, 2.45) is 0 Å². The third kappa shape index (κ3) is 26.4. The van der Waals surface area contributed by atoms with Gasteiger partial charge in [0.25, 0.3) is 0 Å². The minimum atomic E-state index is -0.723. The Kier molecular flexibility index (Phi) is 24.3. The van der Waals surface area contributed by atoms with Crippen LogP contribution in [0.3, 0.4) is 0 Å². The van der Waals surface area contributed by atoms with Gasteiger partial charge in [-0.2, -0.15) is 0 Å². The zero-order chi connectivity index (χ0) is 26.7. The second-order valence-electron chi connectivity index (χ2n) is 8.94. The van der Waals surface area contributed by atoms with Gasteiger partial charge in [-0.05, 0) is 32.1 Å². The average Bonchev–Trinajstić information content (AvgIpc) is 2.84. The molecule has 0 saturated heterocycles. The maximum atomic E-state index is 11.8. The summed E-state index contributed by atoms with van der Waals surface area (Å²) in [6, 6.07) is 0. The molecule has 0 aromatic rings. The van der Waals surface area contributed by atoms with Crippen LogP contribution in [0.25, 0.3) is 0 Å². The highest BCUT2D eigenvalue weighted by atomic mass is 16.5. The minimum Gasteiger partial charge on any atom is -0.481 e. The molecule has 0 spiro atoms. The van der Waals surface area contributed by atoms with E-state index in [9.17, 15) is 19.2 Å². The molecule has 0 bridgehead atoms. The molecule has 36 heavy (non-hydrogen) atoms. The van der Waals surface area contributed by atoms with Gasteiger partial charge in [-0.3, -0.25) is 19.2 Å². The topological polar surface area (TPSA) is 143 Å². The molecule has 0 fully saturated rings. The molecule has 0 heterocycles. The van der Waals surface area contributed by atoms with E-state index in [2.05, 4.69) is 16.0 Å². The lowest BCUT2D eigenvalue weighted by Crippen LogP contribution is -2.30. The van der Waals surface area contributed by atoms with Gasteiger partial charge in [0, 0.05) is 59.0 Å². The van der Waals surface area contributed by atoms with Gasteiger partial charge in [0.05, 0.1) is 13.2 Å². The van der Waals surface area contributed by atoms with Gasteiger partial charge in [-0.25, -0.2) is 0 Å². The van der Waals surface area contributed by atoms with E-state index in [1.54, 1.807) is 7.11 Å². The predicted octanol–water partition coefficient (Wildman–Crippen LogP) is 2.93. The van der Waals surface area contributed by atoms with Crippen LogP contribution in [-0.4, -0.2) is 75.4 Å². The number of rotatable bonds is 26. The van der Waals surface area contributed by atoms with Gasteiger partial charge in [0.15, 0.2) is 0 Å². The fraction of sp³-hybridized carbons (Fsp3) is 0.846. The fourth-order valence-corrected chi connectivity index (χ4v) is 3.49. The molecule has 0 aliphatic carbocycles. The lowest BCUT2D eigenvalue weighted by atomic mass is 10.1. The molecule has 10 nitrogen and oxygen atoms in total. The van der Waals surface area contributed by atoms with Crippen molar-refractivity contribution in [2.45, 2.75) is 96.3 Å². The van der Waals surface area contributed by atoms with E-state index >= 15 is 0 Å². The summed E-state index contributed by atoms with van der Waals surface area (Å²) in [5.41, 5.74) is 0. The molecule has 3 amide bonds. The van der Waals surface area contributed by atoms with E-state index < -0.39 is 5.97 Å². The zero-order valence-electron chi connectivity index (χ0n) is 22.2. The van der Waals surface area contributed by atoms with Gasteiger partial charge in [-0.1, -0.05) is 38.5 Å². The first-order valence-electron chi connectivity index (χ1n) is 13.5. The Morgan fingerprint density at radius 3 is 1.56 bits per heavy atom. The first kappa shape index (κ1) is 33.8. The van der Waals surface area contributed by atoms with Crippen LogP contribution in [-0.2, 0) is 28.7 Å². The van der Waals surface area contributed by atoms with Gasteiger partial charge in [-0.15, -0.1) is 0 Å². The summed E-state index contributed by atoms with van der Waals surface area (Å²) in [5.74, 6) is -0.771. The third-order valence-electron chi connectivity index (χ3n) is 5.59. The van der Waals surface area contributed by atoms with E-state index in [0.29, 0.717) is 58.7 Å². The van der Waals surface area contributed by atoms with Crippen molar-refractivity contribution in [2.75, 3.05) is 46.6 Å². The number of nitrogens with one attached hydrogen (secondary N) is 3. The van der Waals surface area contributed by atoms with E-state index in [4.69, 9.17) is 14.6 Å². The van der Waals surface area contributed by atoms with Gasteiger partial charge >= 0.3 is 5.97 Å². The van der Waals surface area contributed by atoms with Crippen molar-refractivity contribution in [1.29, 1.82) is 0 Å². The molecule has 4 N–H and O–H groups in total. The van der Waals surface area contributed by atoms with E-state index in [0.717, 1.165) is 64.2 Å². The van der Waals surface area contributed by atoms with Crippen molar-refractivity contribution >= 4 is 23.7 Å². The smallest absolute Gasteiger partial charge is 0.303 e. The number of carbonyl (C=O) groups is 4. The fourth-order valence-electron chi connectivity index (χ4n) is 3.49. The molecule has 0 unspecified atom stereocenters. The van der Waals surface area contributed by atoms with Crippen molar-refractivity contribution in [3.05, 3.63) is 0 Å². The number of hydrogen-bond donors (Lipinski definition) is 4. The van der Waals surface area contributed by atoms with E-state index in [1.807, 2.05) is 0 Å². The molecule has 0 atom stereocenters. The maximum absolute atomic E-state index is 11.8. The van der Waals surface area contributed by atoms with Crippen LogP contribution in [0.2, 0.25) is 0 Å². The Bertz CT molecular complexity index is 588. The maximum Gasteiger partial charge on any atom is 0.303 e. The van der Waals surface area contributed by atoms with E-state index in [-0.39, 0.29) is 30.6 Å². The Labute approximate surface area is 216 Å². The van der Waals surface area contributed by atoms with Crippen LogP contribution in [0.1, 0.15) is 96.3 Å². The lowest BCUT2D eigenvalue weighted by molar-refractivity contribution is -0.137. The number of carboxylic acid groups (broad SMARTS) is 1. The first-order valence-corrected chi connectivity index (χ1v) is 13.5. The van der Waals surface area contributed by atoms with Gasteiger partial charge in [0.2, 0.25) is 17.7 Å². The molecule has 10 heteroatoms. The predicted molar refractivity (Wildman–Crippen MR) is 139 cm³/mol. The minimum absolute atomic E-state index is 0.0204. The van der Waals surface area contributed by atoms with Crippen molar-refractivity contribution in [1.82, 2.24) is 16.0 Å². The number of unbranched alkanes of at least 4 members (excludes halogenated alkanes) is 8. The molecule has 0 aliphatic rings. The number of amides is 3. The molecule has 0 rings (SSSR count). The SMILES string of the molecule is COCCCCC(=O)NCCCNC(=O)CCOCCNC(=O)CCCCCCCCCCC(=O)O. The van der Waals surface area contributed by atoms with Crippen molar-refractivity contribution in [3.8, 4) is 0 Å². The number of ether oxygens (including phenoxy) is 2. The monoisotopic (exact) mass is 515 g/mol. The number of aliphatic carboxylic acids is 1.